The maximum atomic E-state index is 13.2. The molecule has 1 aliphatic carbocycles. The van der Waals surface area contributed by atoms with E-state index in [0.717, 1.165) is 50.8 Å². The zero-order chi connectivity index (χ0) is 23.5. The molecule has 1 amide bonds. The summed E-state index contributed by atoms with van der Waals surface area (Å²) in [6.07, 6.45) is 8.58. The van der Waals surface area contributed by atoms with E-state index in [4.69, 9.17) is 4.98 Å². The first kappa shape index (κ1) is 23.0. The predicted molar refractivity (Wildman–Crippen MR) is 130 cm³/mol. The van der Waals surface area contributed by atoms with Gasteiger partial charge in [0.05, 0.1) is 5.92 Å². The van der Waals surface area contributed by atoms with Gasteiger partial charge in [-0.2, -0.15) is 0 Å². The molecule has 0 unspecified atom stereocenters. The molecule has 6 nitrogen and oxygen atoms in total. The van der Waals surface area contributed by atoms with Crippen molar-refractivity contribution in [2.24, 2.45) is 11.8 Å². The van der Waals surface area contributed by atoms with E-state index in [2.05, 4.69) is 12.1 Å². The monoisotopic (exact) mass is 461 g/mol. The van der Waals surface area contributed by atoms with Crippen LogP contribution < -0.4 is 0 Å². The highest BCUT2D eigenvalue weighted by Crippen LogP contribution is 2.31. The number of rotatable bonds is 6. The fourth-order valence-electron chi connectivity index (χ4n) is 6.02. The minimum absolute atomic E-state index is 0.107. The number of amides is 1. The van der Waals surface area contributed by atoms with Crippen LogP contribution in [0.2, 0.25) is 0 Å². The molecule has 0 bridgehead atoms. The number of benzene rings is 1. The highest BCUT2D eigenvalue weighted by molar-refractivity contribution is 5.80. The number of pyridine rings is 1. The molecule has 1 N–H and O–H groups in total. The average molecular weight is 462 g/mol. The Morgan fingerprint density at radius 3 is 2.50 bits per heavy atom. The number of nitrogens with zero attached hydrogens (tertiary/aromatic N) is 3. The quantitative estimate of drug-likeness (QED) is 0.707. The number of aromatic nitrogens is 1. The summed E-state index contributed by atoms with van der Waals surface area (Å²) in [6.45, 7) is 2.75. The Kier molecular flexibility index (Phi) is 6.95. The molecule has 1 aromatic heterocycles. The molecule has 2 saturated heterocycles. The van der Waals surface area contributed by atoms with Gasteiger partial charge in [-0.3, -0.25) is 19.5 Å². The molecule has 180 valence electrons. The molecule has 3 aliphatic rings. The first-order chi connectivity index (χ1) is 16.6. The Morgan fingerprint density at radius 1 is 0.971 bits per heavy atom. The maximum absolute atomic E-state index is 13.2. The molecular formula is C28H35N3O3. The lowest BCUT2D eigenvalue weighted by Gasteiger charge is -2.34. The SMILES string of the molecule is O=C(O)[C@@H](c1ccccc1)N1CC[C@H](C(=O)N2CCC(Cc3ccc4c(n3)CCCC4)CC2)C1. The number of aryl methyl sites for hydroxylation is 2. The van der Waals surface area contributed by atoms with Gasteiger partial charge in [0.25, 0.3) is 0 Å². The van der Waals surface area contributed by atoms with E-state index >= 15 is 0 Å². The van der Waals surface area contributed by atoms with Crippen molar-refractivity contribution in [1.29, 1.82) is 0 Å². The summed E-state index contributed by atoms with van der Waals surface area (Å²) in [5.41, 5.74) is 4.72. The summed E-state index contributed by atoms with van der Waals surface area (Å²) in [6, 6.07) is 13.1. The van der Waals surface area contributed by atoms with E-state index in [0.29, 0.717) is 19.0 Å². The Morgan fingerprint density at radius 2 is 1.74 bits per heavy atom. The van der Waals surface area contributed by atoms with Crippen LogP contribution in [-0.4, -0.2) is 57.9 Å². The van der Waals surface area contributed by atoms with Gasteiger partial charge in [0.15, 0.2) is 0 Å². The van der Waals surface area contributed by atoms with E-state index in [-0.39, 0.29) is 11.8 Å². The minimum Gasteiger partial charge on any atom is -0.480 e. The van der Waals surface area contributed by atoms with Gasteiger partial charge in [0.1, 0.15) is 6.04 Å². The summed E-state index contributed by atoms with van der Waals surface area (Å²) in [4.78, 5) is 34.2. The summed E-state index contributed by atoms with van der Waals surface area (Å²) in [5, 5.41) is 9.83. The molecule has 2 fully saturated rings. The largest absolute Gasteiger partial charge is 0.480 e. The topological polar surface area (TPSA) is 73.7 Å². The van der Waals surface area contributed by atoms with Gasteiger partial charge in [0.2, 0.25) is 5.91 Å². The van der Waals surface area contributed by atoms with E-state index in [1.165, 1.54) is 36.2 Å². The number of hydrogen-bond donors (Lipinski definition) is 1. The lowest BCUT2D eigenvalue weighted by atomic mass is 9.90. The van der Waals surface area contributed by atoms with Gasteiger partial charge in [-0.05, 0) is 74.5 Å². The summed E-state index contributed by atoms with van der Waals surface area (Å²) in [7, 11) is 0. The van der Waals surface area contributed by atoms with E-state index in [1.54, 1.807) is 0 Å². The fraction of sp³-hybridized carbons (Fsp3) is 0.536. The number of fused-ring (bicyclic) bond motifs is 1. The van der Waals surface area contributed by atoms with Crippen molar-refractivity contribution in [2.75, 3.05) is 26.2 Å². The van der Waals surface area contributed by atoms with Crippen LogP contribution in [0.1, 0.15) is 60.7 Å². The third-order valence-electron chi connectivity index (χ3n) is 7.94. The highest BCUT2D eigenvalue weighted by atomic mass is 16.4. The Hall–Kier alpha value is -2.73. The van der Waals surface area contributed by atoms with Crippen molar-refractivity contribution in [3.63, 3.8) is 0 Å². The summed E-state index contributed by atoms with van der Waals surface area (Å²) >= 11 is 0. The van der Waals surface area contributed by atoms with Crippen LogP contribution >= 0.6 is 0 Å². The molecule has 2 aliphatic heterocycles. The number of carbonyl (C=O) groups is 2. The molecule has 3 heterocycles. The molecule has 1 aromatic carbocycles. The second kappa shape index (κ2) is 10.3. The van der Waals surface area contributed by atoms with Crippen LogP contribution in [0.15, 0.2) is 42.5 Å². The third-order valence-corrected chi connectivity index (χ3v) is 7.94. The van der Waals surface area contributed by atoms with Crippen LogP contribution in [0, 0.1) is 11.8 Å². The van der Waals surface area contributed by atoms with Crippen molar-refractivity contribution in [2.45, 2.75) is 57.4 Å². The molecule has 0 spiro atoms. The normalized spacial score (nSPS) is 22.4. The number of carboxylic acids is 1. The fourth-order valence-corrected chi connectivity index (χ4v) is 6.02. The number of hydrogen-bond acceptors (Lipinski definition) is 4. The molecule has 0 radical (unpaired) electrons. The first-order valence-electron chi connectivity index (χ1n) is 12.9. The van der Waals surface area contributed by atoms with Gasteiger partial charge >= 0.3 is 5.97 Å². The van der Waals surface area contributed by atoms with Crippen LogP contribution in [0.5, 0.6) is 0 Å². The van der Waals surface area contributed by atoms with Crippen molar-refractivity contribution < 1.29 is 14.7 Å². The second-order valence-corrected chi connectivity index (χ2v) is 10.2. The number of aliphatic carboxylic acids is 1. The van der Waals surface area contributed by atoms with Crippen LogP contribution in [0.3, 0.4) is 0 Å². The van der Waals surface area contributed by atoms with Crippen LogP contribution in [0.4, 0.5) is 0 Å². The molecular weight excluding hydrogens is 426 g/mol. The Balaban J connectivity index is 1.14. The predicted octanol–water partition coefficient (Wildman–Crippen LogP) is 3.89. The second-order valence-electron chi connectivity index (χ2n) is 10.2. The Labute approximate surface area is 202 Å². The number of carbonyl (C=O) groups excluding carboxylic acids is 1. The van der Waals surface area contributed by atoms with E-state index in [9.17, 15) is 14.7 Å². The lowest BCUT2D eigenvalue weighted by molar-refractivity contribution is -0.144. The van der Waals surface area contributed by atoms with Crippen LogP contribution in [-0.2, 0) is 28.9 Å². The number of likely N-dealkylation sites (tertiary alicyclic amines) is 2. The minimum atomic E-state index is -0.851. The van der Waals surface area contributed by atoms with Gasteiger partial charge in [0, 0.05) is 37.6 Å². The zero-order valence-corrected chi connectivity index (χ0v) is 19.9. The van der Waals surface area contributed by atoms with Gasteiger partial charge in [-0.25, -0.2) is 0 Å². The number of carboxylic acid groups (broad SMARTS) is 1. The van der Waals surface area contributed by atoms with Crippen molar-refractivity contribution in [3.8, 4) is 0 Å². The molecule has 5 rings (SSSR count). The summed E-state index contributed by atoms with van der Waals surface area (Å²) in [5.74, 6) is -0.182. The van der Waals surface area contributed by atoms with Gasteiger partial charge < -0.3 is 10.0 Å². The van der Waals surface area contributed by atoms with Crippen molar-refractivity contribution in [3.05, 3.63) is 65.0 Å². The average Bonchev–Trinajstić information content (AvgIpc) is 3.34. The molecule has 34 heavy (non-hydrogen) atoms. The smallest absolute Gasteiger partial charge is 0.325 e. The highest BCUT2D eigenvalue weighted by Gasteiger charge is 2.38. The summed E-state index contributed by atoms with van der Waals surface area (Å²) < 4.78 is 0. The Bertz CT molecular complexity index is 1020. The van der Waals surface area contributed by atoms with Gasteiger partial charge in [-0.1, -0.05) is 36.4 Å². The van der Waals surface area contributed by atoms with E-state index in [1.807, 2.05) is 40.1 Å². The lowest BCUT2D eigenvalue weighted by Crippen LogP contribution is -2.43. The third kappa shape index (κ3) is 5.02. The van der Waals surface area contributed by atoms with Gasteiger partial charge in [-0.15, -0.1) is 0 Å². The van der Waals surface area contributed by atoms with Crippen LogP contribution in [0.25, 0.3) is 0 Å². The molecule has 2 aromatic rings. The molecule has 2 atom stereocenters. The number of piperidine rings is 1. The molecule has 0 saturated carbocycles. The maximum Gasteiger partial charge on any atom is 0.325 e. The molecule has 6 heteroatoms. The van der Waals surface area contributed by atoms with Crippen molar-refractivity contribution in [1.82, 2.24) is 14.8 Å². The standard InChI is InChI=1S/C28H35N3O3/c32-27(23-14-17-31(19-23)26(28(33)34)22-7-2-1-3-8-22)30-15-12-20(13-16-30)18-24-11-10-21-6-4-5-9-25(21)29-24/h1-3,7-8,10-11,20,23,26H,4-6,9,12-19H2,(H,33,34)/t23-,26+/m0/s1. The van der Waals surface area contributed by atoms with E-state index < -0.39 is 12.0 Å². The van der Waals surface area contributed by atoms with Crippen molar-refractivity contribution >= 4 is 11.9 Å². The first-order valence-corrected chi connectivity index (χ1v) is 12.9. The zero-order valence-electron chi connectivity index (χ0n) is 19.9.